The lowest BCUT2D eigenvalue weighted by Gasteiger charge is -2.19. The van der Waals surface area contributed by atoms with Crippen molar-refractivity contribution in [2.24, 2.45) is 0 Å². The zero-order valence-corrected chi connectivity index (χ0v) is 8.92. The predicted molar refractivity (Wildman–Crippen MR) is 56.9 cm³/mol. The first kappa shape index (κ1) is 11.2. The van der Waals surface area contributed by atoms with Gasteiger partial charge in [0.1, 0.15) is 0 Å². The van der Waals surface area contributed by atoms with E-state index in [0.717, 1.165) is 13.1 Å². The Morgan fingerprint density at radius 1 is 1.71 bits per heavy atom. The largest absolute Gasteiger partial charge is 0.352 e. The Bertz CT molecular complexity index is 215. The van der Waals surface area contributed by atoms with Gasteiger partial charge in [-0.25, -0.2) is 0 Å². The number of amides is 1. The van der Waals surface area contributed by atoms with E-state index in [1.54, 1.807) is 0 Å². The molecular formula is C10H19N3O. The molecule has 4 nitrogen and oxygen atoms in total. The third kappa shape index (κ3) is 3.47. The van der Waals surface area contributed by atoms with E-state index in [9.17, 15) is 4.79 Å². The Labute approximate surface area is 85.3 Å². The summed E-state index contributed by atoms with van der Waals surface area (Å²) in [4.78, 5) is 13.5. The third-order valence-corrected chi connectivity index (χ3v) is 2.39. The van der Waals surface area contributed by atoms with Gasteiger partial charge >= 0.3 is 0 Å². The van der Waals surface area contributed by atoms with Gasteiger partial charge in [-0.2, -0.15) is 0 Å². The molecule has 1 amide bonds. The molecule has 1 rings (SSSR count). The maximum absolute atomic E-state index is 11.4. The molecule has 1 aliphatic rings. The van der Waals surface area contributed by atoms with Crippen LogP contribution < -0.4 is 10.6 Å². The van der Waals surface area contributed by atoms with Crippen molar-refractivity contribution in [3.05, 3.63) is 12.2 Å². The van der Waals surface area contributed by atoms with Crippen molar-refractivity contribution in [3.8, 4) is 0 Å². The monoisotopic (exact) mass is 197 g/mol. The molecule has 80 valence electrons. The van der Waals surface area contributed by atoms with E-state index in [1.807, 2.05) is 19.1 Å². The number of carbonyl (C=O) groups excluding carboxylic acids is 1. The van der Waals surface area contributed by atoms with Crippen LogP contribution in [0.4, 0.5) is 0 Å². The molecule has 0 saturated carbocycles. The van der Waals surface area contributed by atoms with Crippen LogP contribution in [0.25, 0.3) is 0 Å². The lowest BCUT2D eigenvalue weighted by Crippen LogP contribution is -2.41. The average molecular weight is 197 g/mol. The first-order valence-corrected chi connectivity index (χ1v) is 5.09. The van der Waals surface area contributed by atoms with Crippen LogP contribution in [-0.4, -0.2) is 43.2 Å². The summed E-state index contributed by atoms with van der Waals surface area (Å²) in [6.45, 7) is 7.07. The highest BCUT2D eigenvalue weighted by Crippen LogP contribution is 2.00. The summed E-state index contributed by atoms with van der Waals surface area (Å²) in [5.74, 6) is 0.0960. The first-order valence-electron chi connectivity index (χ1n) is 5.09. The fraction of sp³-hybridized carbons (Fsp3) is 0.700. The number of hydrogen-bond acceptors (Lipinski definition) is 3. The SMILES string of the molecule is C/C=C/CNC(=O)CN1CCNC1C. The Kier molecular flexibility index (Phi) is 4.62. The van der Waals surface area contributed by atoms with Gasteiger partial charge in [-0.3, -0.25) is 9.69 Å². The van der Waals surface area contributed by atoms with Gasteiger partial charge in [0.2, 0.25) is 5.91 Å². The van der Waals surface area contributed by atoms with Gasteiger partial charge < -0.3 is 10.6 Å². The van der Waals surface area contributed by atoms with Crippen molar-refractivity contribution in [2.45, 2.75) is 20.0 Å². The van der Waals surface area contributed by atoms with Crippen molar-refractivity contribution in [1.29, 1.82) is 0 Å². The van der Waals surface area contributed by atoms with Crippen molar-refractivity contribution in [1.82, 2.24) is 15.5 Å². The van der Waals surface area contributed by atoms with E-state index in [2.05, 4.69) is 22.5 Å². The molecule has 1 unspecified atom stereocenters. The molecule has 0 aliphatic carbocycles. The number of nitrogens with one attached hydrogen (secondary N) is 2. The lowest BCUT2D eigenvalue weighted by atomic mass is 10.4. The molecule has 0 spiro atoms. The molecule has 1 saturated heterocycles. The molecule has 0 aromatic rings. The average Bonchev–Trinajstić information content (AvgIpc) is 2.52. The quantitative estimate of drug-likeness (QED) is 0.620. The molecule has 14 heavy (non-hydrogen) atoms. The van der Waals surface area contributed by atoms with Crippen LogP contribution in [0.1, 0.15) is 13.8 Å². The van der Waals surface area contributed by atoms with Crippen LogP contribution in [0.5, 0.6) is 0 Å². The van der Waals surface area contributed by atoms with Crippen molar-refractivity contribution < 1.29 is 4.79 Å². The predicted octanol–water partition coefficient (Wildman–Crippen LogP) is -0.0701. The Hall–Kier alpha value is -0.870. The summed E-state index contributed by atoms with van der Waals surface area (Å²) >= 11 is 0. The minimum absolute atomic E-state index is 0.0960. The summed E-state index contributed by atoms with van der Waals surface area (Å²) in [5.41, 5.74) is 0. The number of allylic oxidation sites excluding steroid dienone is 1. The topological polar surface area (TPSA) is 44.4 Å². The maximum atomic E-state index is 11.4. The molecule has 0 aromatic heterocycles. The Morgan fingerprint density at radius 2 is 2.50 bits per heavy atom. The highest BCUT2D eigenvalue weighted by Gasteiger charge is 2.20. The van der Waals surface area contributed by atoms with Crippen molar-refractivity contribution >= 4 is 5.91 Å². The normalized spacial score (nSPS) is 23.1. The highest BCUT2D eigenvalue weighted by atomic mass is 16.2. The smallest absolute Gasteiger partial charge is 0.234 e. The number of nitrogens with zero attached hydrogens (tertiary/aromatic N) is 1. The summed E-state index contributed by atoms with van der Waals surface area (Å²) in [6, 6.07) is 0. The molecule has 0 bridgehead atoms. The van der Waals surface area contributed by atoms with Gasteiger partial charge in [-0.15, -0.1) is 0 Å². The van der Waals surface area contributed by atoms with Crippen LogP contribution >= 0.6 is 0 Å². The highest BCUT2D eigenvalue weighted by molar-refractivity contribution is 5.78. The second-order valence-electron chi connectivity index (χ2n) is 3.47. The maximum Gasteiger partial charge on any atom is 0.234 e. The second kappa shape index (κ2) is 5.78. The van der Waals surface area contributed by atoms with E-state index < -0.39 is 0 Å². The van der Waals surface area contributed by atoms with Crippen LogP contribution in [0.3, 0.4) is 0 Å². The second-order valence-corrected chi connectivity index (χ2v) is 3.47. The number of rotatable bonds is 4. The first-order chi connectivity index (χ1) is 6.74. The number of carbonyl (C=O) groups is 1. The zero-order valence-electron chi connectivity index (χ0n) is 8.92. The number of hydrogen-bond donors (Lipinski definition) is 2. The van der Waals surface area contributed by atoms with Gasteiger partial charge in [0.05, 0.1) is 12.7 Å². The third-order valence-electron chi connectivity index (χ3n) is 2.39. The summed E-state index contributed by atoms with van der Waals surface area (Å²) in [6.07, 6.45) is 4.19. The Balaban J connectivity index is 2.19. The van der Waals surface area contributed by atoms with Crippen LogP contribution in [0.15, 0.2) is 12.2 Å². The minimum atomic E-state index is 0.0960. The van der Waals surface area contributed by atoms with Crippen molar-refractivity contribution in [3.63, 3.8) is 0 Å². The van der Waals surface area contributed by atoms with Gasteiger partial charge in [0.15, 0.2) is 0 Å². The van der Waals surface area contributed by atoms with E-state index in [-0.39, 0.29) is 5.91 Å². The van der Waals surface area contributed by atoms with Gasteiger partial charge in [-0.05, 0) is 13.8 Å². The van der Waals surface area contributed by atoms with E-state index in [4.69, 9.17) is 0 Å². The van der Waals surface area contributed by atoms with E-state index >= 15 is 0 Å². The zero-order chi connectivity index (χ0) is 10.4. The lowest BCUT2D eigenvalue weighted by molar-refractivity contribution is -0.122. The van der Waals surface area contributed by atoms with Crippen LogP contribution in [0, 0.1) is 0 Å². The standard InChI is InChI=1S/C10H19N3O/c1-3-4-5-12-10(14)8-13-7-6-11-9(13)2/h3-4,9,11H,5-8H2,1-2H3,(H,12,14)/b4-3+. The van der Waals surface area contributed by atoms with Gasteiger partial charge in [0.25, 0.3) is 0 Å². The molecule has 1 atom stereocenters. The van der Waals surface area contributed by atoms with Gasteiger partial charge in [0, 0.05) is 19.6 Å². The summed E-state index contributed by atoms with van der Waals surface area (Å²) in [7, 11) is 0. The summed E-state index contributed by atoms with van der Waals surface area (Å²) in [5, 5.41) is 6.11. The molecule has 0 aromatic carbocycles. The molecule has 0 radical (unpaired) electrons. The molecule has 4 heteroatoms. The van der Waals surface area contributed by atoms with Gasteiger partial charge in [-0.1, -0.05) is 12.2 Å². The Morgan fingerprint density at radius 3 is 3.07 bits per heavy atom. The molecule has 1 fully saturated rings. The van der Waals surface area contributed by atoms with Crippen LogP contribution in [0.2, 0.25) is 0 Å². The van der Waals surface area contributed by atoms with Crippen molar-refractivity contribution in [2.75, 3.05) is 26.2 Å². The molecule has 2 N–H and O–H groups in total. The molecule has 1 aliphatic heterocycles. The minimum Gasteiger partial charge on any atom is -0.352 e. The van der Waals surface area contributed by atoms with E-state index in [0.29, 0.717) is 19.3 Å². The molecule has 1 heterocycles. The summed E-state index contributed by atoms with van der Waals surface area (Å²) < 4.78 is 0. The molecular weight excluding hydrogens is 178 g/mol. The fourth-order valence-electron chi connectivity index (χ4n) is 1.49. The fourth-order valence-corrected chi connectivity index (χ4v) is 1.49. The van der Waals surface area contributed by atoms with Crippen LogP contribution in [-0.2, 0) is 4.79 Å². The van der Waals surface area contributed by atoms with E-state index in [1.165, 1.54) is 0 Å².